The zero-order chi connectivity index (χ0) is 22.7. The van der Waals surface area contributed by atoms with Gasteiger partial charge in [0.1, 0.15) is 57.7 Å². The van der Waals surface area contributed by atoms with E-state index in [0.29, 0.717) is 13.4 Å². The van der Waals surface area contributed by atoms with E-state index in [1.807, 2.05) is 12.1 Å². The smallest absolute Gasteiger partial charge is 0.231 e. The number of fused-ring (bicyclic) bond motifs is 1. The number of benzene rings is 2. The van der Waals surface area contributed by atoms with Gasteiger partial charge in [-0.2, -0.15) is 0 Å². The lowest BCUT2D eigenvalue weighted by Gasteiger charge is -2.31. The van der Waals surface area contributed by atoms with Crippen molar-refractivity contribution in [2.45, 2.75) is 45.8 Å². The van der Waals surface area contributed by atoms with Gasteiger partial charge in [0.05, 0.1) is 0 Å². The number of ether oxygens (including phenoxy) is 3. The number of hydrogen-bond donors (Lipinski definition) is 3. The highest BCUT2D eigenvalue weighted by Crippen LogP contribution is 2.33. The fraction of sp³-hybridized carbons (Fsp3) is 0.538. The van der Waals surface area contributed by atoms with Crippen LogP contribution in [0.3, 0.4) is 0 Å². The fourth-order valence-electron chi connectivity index (χ4n) is 4.61. The molecule has 0 saturated carbocycles. The molecule has 0 aliphatic carbocycles. The second kappa shape index (κ2) is 9.69. The number of aryl methyl sites for hydroxylation is 1. The molecule has 1 atom stereocenters. The van der Waals surface area contributed by atoms with Crippen molar-refractivity contribution >= 4 is 0 Å². The minimum absolute atomic E-state index is 0.00857. The van der Waals surface area contributed by atoms with Crippen molar-refractivity contribution in [3.63, 3.8) is 0 Å². The molecule has 0 radical (unpaired) electrons. The SMILES string of the molecule is Cc1ccc(OCC(O)C[NH+]2CC[NH+](Cc3ccc4c(c3)OCO4)CC2)c(C(C)(C)C)c1. The van der Waals surface area contributed by atoms with Gasteiger partial charge in [0, 0.05) is 5.56 Å². The molecule has 0 amide bonds. The highest BCUT2D eigenvalue weighted by Gasteiger charge is 2.26. The molecular weight excluding hydrogens is 404 g/mol. The van der Waals surface area contributed by atoms with E-state index >= 15 is 0 Å². The second-order valence-corrected chi connectivity index (χ2v) is 10.3. The maximum absolute atomic E-state index is 10.6. The lowest BCUT2D eigenvalue weighted by atomic mass is 9.85. The van der Waals surface area contributed by atoms with Gasteiger partial charge in [-0.05, 0) is 42.2 Å². The predicted molar refractivity (Wildman–Crippen MR) is 124 cm³/mol. The number of rotatable bonds is 7. The van der Waals surface area contributed by atoms with Crippen LogP contribution in [0.4, 0.5) is 0 Å². The third-order valence-corrected chi connectivity index (χ3v) is 6.45. The van der Waals surface area contributed by atoms with Crippen LogP contribution in [0.15, 0.2) is 36.4 Å². The average molecular weight is 443 g/mol. The summed E-state index contributed by atoms with van der Waals surface area (Å²) in [6.45, 7) is 15.4. The first-order valence-corrected chi connectivity index (χ1v) is 11.8. The number of quaternary nitrogens is 2. The van der Waals surface area contributed by atoms with E-state index in [0.717, 1.165) is 56.5 Å². The topological polar surface area (TPSA) is 56.8 Å². The molecule has 6 nitrogen and oxygen atoms in total. The van der Waals surface area contributed by atoms with Crippen molar-refractivity contribution in [1.29, 1.82) is 0 Å². The minimum Gasteiger partial charge on any atom is -0.490 e. The molecule has 1 fully saturated rings. The molecule has 32 heavy (non-hydrogen) atoms. The Morgan fingerprint density at radius 2 is 1.69 bits per heavy atom. The molecule has 0 bridgehead atoms. The van der Waals surface area contributed by atoms with E-state index in [9.17, 15) is 5.11 Å². The first-order chi connectivity index (χ1) is 15.3. The molecule has 1 saturated heterocycles. The Morgan fingerprint density at radius 1 is 0.969 bits per heavy atom. The normalized spacial score (nSPS) is 21.4. The summed E-state index contributed by atoms with van der Waals surface area (Å²) in [5.74, 6) is 2.59. The van der Waals surface area contributed by atoms with Gasteiger partial charge >= 0.3 is 0 Å². The number of nitrogens with one attached hydrogen (secondary N) is 2. The summed E-state index contributed by atoms with van der Waals surface area (Å²) in [4.78, 5) is 3.03. The zero-order valence-electron chi connectivity index (χ0n) is 19.9. The molecule has 1 unspecified atom stereocenters. The third-order valence-electron chi connectivity index (χ3n) is 6.45. The van der Waals surface area contributed by atoms with Gasteiger partial charge in [-0.3, -0.25) is 0 Å². The van der Waals surface area contributed by atoms with Crippen molar-refractivity contribution in [2.24, 2.45) is 0 Å². The van der Waals surface area contributed by atoms with Gasteiger partial charge in [0.2, 0.25) is 6.79 Å². The summed E-state index contributed by atoms with van der Waals surface area (Å²) in [7, 11) is 0. The van der Waals surface area contributed by atoms with Crippen LogP contribution in [0.25, 0.3) is 0 Å². The first kappa shape index (κ1) is 22.9. The zero-order valence-corrected chi connectivity index (χ0v) is 19.9. The Bertz CT molecular complexity index is 917. The van der Waals surface area contributed by atoms with Crippen LogP contribution in [0.5, 0.6) is 17.2 Å². The Hall–Kier alpha value is -2.28. The fourth-order valence-corrected chi connectivity index (χ4v) is 4.61. The minimum atomic E-state index is -0.463. The van der Waals surface area contributed by atoms with Crippen LogP contribution in [0.2, 0.25) is 0 Å². The van der Waals surface area contributed by atoms with Crippen molar-refractivity contribution in [3.05, 3.63) is 53.1 Å². The summed E-state index contributed by atoms with van der Waals surface area (Å²) in [6.07, 6.45) is -0.463. The van der Waals surface area contributed by atoms with Gasteiger partial charge in [-0.25, -0.2) is 0 Å². The standard InChI is InChI=1S/C26H36N2O4/c1-19-5-7-23(22(13-19)26(2,3)4)30-17-21(29)16-28-11-9-27(10-12-28)15-20-6-8-24-25(14-20)32-18-31-24/h5-8,13-14,21,29H,9-12,15-18H2,1-4H3/p+2. The van der Waals surface area contributed by atoms with Gasteiger partial charge in [-0.1, -0.05) is 38.5 Å². The summed E-state index contributed by atoms with van der Waals surface area (Å²) in [5.41, 5.74) is 3.72. The maximum atomic E-state index is 10.6. The van der Waals surface area contributed by atoms with E-state index in [1.165, 1.54) is 21.6 Å². The van der Waals surface area contributed by atoms with Gasteiger partial charge < -0.3 is 29.1 Å². The van der Waals surface area contributed by atoms with Crippen LogP contribution >= 0.6 is 0 Å². The van der Waals surface area contributed by atoms with E-state index < -0.39 is 6.10 Å². The van der Waals surface area contributed by atoms with Crippen LogP contribution in [0, 0.1) is 6.92 Å². The van der Waals surface area contributed by atoms with E-state index in [2.05, 4.69) is 52.0 Å². The van der Waals surface area contributed by atoms with Gasteiger partial charge in [-0.15, -0.1) is 0 Å². The molecule has 2 aliphatic rings. The molecule has 2 aliphatic heterocycles. The monoisotopic (exact) mass is 442 g/mol. The molecule has 2 heterocycles. The largest absolute Gasteiger partial charge is 0.490 e. The summed E-state index contributed by atoms with van der Waals surface area (Å²) < 4.78 is 17.0. The van der Waals surface area contributed by atoms with Crippen LogP contribution in [-0.2, 0) is 12.0 Å². The highest BCUT2D eigenvalue weighted by molar-refractivity contribution is 5.44. The lowest BCUT2D eigenvalue weighted by Crippen LogP contribution is -3.28. The van der Waals surface area contributed by atoms with Gasteiger partial charge in [0.25, 0.3) is 0 Å². The maximum Gasteiger partial charge on any atom is 0.231 e. The molecule has 0 aromatic heterocycles. The highest BCUT2D eigenvalue weighted by atomic mass is 16.7. The number of hydrogen-bond acceptors (Lipinski definition) is 4. The Balaban J connectivity index is 1.22. The van der Waals surface area contributed by atoms with E-state index in [-0.39, 0.29) is 5.41 Å². The van der Waals surface area contributed by atoms with Crippen LogP contribution in [0.1, 0.15) is 37.5 Å². The molecular formula is C26H38N2O4+2. The molecule has 2 aromatic carbocycles. The Kier molecular flexibility index (Phi) is 6.93. The summed E-state index contributed by atoms with van der Waals surface area (Å²) in [5, 5.41) is 10.6. The molecule has 2 aromatic rings. The first-order valence-electron chi connectivity index (χ1n) is 11.8. The quantitative estimate of drug-likeness (QED) is 0.592. The third kappa shape index (κ3) is 5.74. The number of piperazine rings is 1. The Morgan fingerprint density at radius 3 is 2.44 bits per heavy atom. The van der Waals surface area contributed by atoms with E-state index in [4.69, 9.17) is 14.2 Å². The summed E-state index contributed by atoms with van der Waals surface area (Å²) in [6, 6.07) is 12.5. The lowest BCUT2D eigenvalue weighted by molar-refractivity contribution is -1.02. The van der Waals surface area contributed by atoms with Crippen LogP contribution < -0.4 is 24.0 Å². The molecule has 6 heteroatoms. The van der Waals surface area contributed by atoms with Crippen molar-refractivity contribution in [1.82, 2.24) is 0 Å². The second-order valence-electron chi connectivity index (χ2n) is 10.3. The predicted octanol–water partition coefficient (Wildman–Crippen LogP) is 0.745. The molecule has 3 N–H and O–H groups in total. The van der Waals surface area contributed by atoms with Crippen molar-refractivity contribution in [3.8, 4) is 17.2 Å². The molecule has 174 valence electrons. The number of aliphatic hydroxyl groups is 1. The molecule has 0 spiro atoms. The van der Waals surface area contributed by atoms with Gasteiger partial charge in [0.15, 0.2) is 11.5 Å². The van der Waals surface area contributed by atoms with Crippen molar-refractivity contribution in [2.75, 3.05) is 46.1 Å². The number of aliphatic hydroxyl groups excluding tert-OH is 1. The van der Waals surface area contributed by atoms with Crippen LogP contribution in [-0.4, -0.2) is 57.3 Å². The summed E-state index contributed by atoms with van der Waals surface area (Å²) >= 11 is 0. The van der Waals surface area contributed by atoms with E-state index in [1.54, 1.807) is 4.90 Å². The van der Waals surface area contributed by atoms with Crippen molar-refractivity contribution < 1.29 is 29.1 Å². The molecule has 4 rings (SSSR count). The Labute approximate surface area is 191 Å². The average Bonchev–Trinajstić information content (AvgIpc) is 3.21.